The van der Waals surface area contributed by atoms with E-state index in [0.29, 0.717) is 6.42 Å². The summed E-state index contributed by atoms with van der Waals surface area (Å²) >= 11 is 0. The van der Waals surface area contributed by atoms with Crippen LogP contribution in [-0.4, -0.2) is 70.9 Å². The summed E-state index contributed by atoms with van der Waals surface area (Å²) in [6.07, 6.45) is -0.645. The average molecular weight is 389 g/mol. The molecular weight excluding hydrogens is 358 g/mol. The number of ketones is 1. The number of carbonyl (C=O) groups is 2. The number of aliphatic hydroxyl groups is 2. The maximum Gasteiger partial charge on any atom is 0.240 e. The third kappa shape index (κ3) is 5.25. The fraction of sp³-hybridized carbons (Fsp3) is 0.571. The zero-order valence-electron chi connectivity index (χ0n) is 17.2. The Hall–Kier alpha value is -2.09. The maximum absolute atomic E-state index is 12.8. The van der Waals surface area contributed by atoms with Crippen molar-refractivity contribution in [3.63, 3.8) is 0 Å². The molecule has 1 aliphatic heterocycles. The van der Waals surface area contributed by atoms with E-state index in [2.05, 4.69) is 10.3 Å². The summed E-state index contributed by atoms with van der Waals surface area (Å²) in [5, 5.41) is 23.2. The van der Waals surface area contributed by atoms with Gasteiger partial charge in [0.05, 0.1) is 17.9 Å². The summed E-state index contributed by atoms with van der Waals surface area (Å²) in [4.78, 5) is 30.7. The molecular formula is C21H31N3O4. The first-order valence-electron chi connectivity index (χ1n) is 9.59. The number of nitrogens with zero attached hydrogens (tertiary/aromatic N) is 2. The zero-order chi connectivity index (χ0) is 21.0. The molecule has 154 valence electrons. The number of aliphatic hydroxyl groups excluding tert-OH is 2. The summed E-state index contributed by atoms with van der Waals surface area (Å²) in [7, 11) is 3.41. The standard InChI is InChI=1S/C21H31N3O4/c1-12(10-16-11-15-8-6-7-9-17(15)22-16)20(27)19(24(4)5)21(28)23-18(13(2)25)14(3)26/h6-9,12-13,18-20,25,27H,10-11H2,1-5H3,(H,23,28)/t12-,13-,18-,19-,20-/m1/s1. The lowest BCUT2D eigenvalue weighted by molar-refractivity contribution is -0.135. The molecule has 2 rings (SSSR count). The third-order valence-electron chi connectivity index (χ3n) is 5.17. The summed E-state index contributed by atoms with van der Waals surface area (Å²) in [6.45, 7) is 4.65. The number of hydrogen-bond donors (Lipinski definition) is 3. The number of hydrogen-bond acceptors (Lipinski definition) is 6. The van der Waals surface area contributed by atoms with Crippen LogP contribution in [0.3, 0.4) is 0 Å². The van der Waals surface area contributed by atoms with Crippen LogP contribution in [0.25, 0.3) is 0 Å². The van der Waals surface area contributed by atoms with Crippen molar-refractivity contribution in [2.45, 2.75) is 57.9 Å². The van der Waals surface area contributed by atoms with Gasteiger partial charge in [0.2, 0.25) is 5.91 Å². The minimum Gasteiger partial charge on any atom is -0.391 e. The largest absolute Gasteiger partial charge is 0.391 e. The molecule has 0 aromatic heterocycles. The average Bonchev–Trinajstić information content (AvgIpc) is 3.00. The molecule has 0 radical (unpaired) electrons. The predicted molar refractivity (Wildman–Crippen MR) is 109 cm³/mol. The van der Waals surface area contributed by atoms with Gasteiger partial charge in [-0.15, -0.1) is 0 Å². The number of aliphatic imine (C=N–C) groups is 1. The van der Waals surface area contributed by atoms with Gasteiger partial charge in [-0.1, -0.05) is 25.1 Å². The van der Waals surface area contributed by atoms with Crippen molar-refractivity contribution < 1.29 is 19.8 Å². The van der Waals surface area contributed by atoms with Gasteiger partial charge in [0, 0.05) is 12.1 Å². The number of rotatable bonds is 9. The number of benzene rings is 1. The summed E-state index contributed by atoms with van der Waals surface area (Å²) in [5.74, 6) is -1.03. The van der Waals surface area contributed by atoms with Gasteiger partial charge in [0.1, 0.15) is 12.1 Å². The Balaban J connectivity index is 2.06. The molecule has 7 nitrogen and oxygen atoms in total. The Kier molecular flexibility index (Phi) is 7.46. The molecule has 3 N–H and O–H groups in total. The third-order valence-corrected chi connectivity index (χ3v) is 5.17. The van der Waals surface area contributed by atoms with Crippen LogP contribution >= 0.6 is 0 Å². The van der Waals surface area contributed by atoms with Gasteiger partial charge in [0.25, 0.3) is 0 Å². The van der Waals surface area contributed by atoms with Crippen LogP contribution in [0, 0.1) is 5.92 Å². The zero-order valence-corrected chi connectivity index (χ0v) is 17.2. The van der Waals surface area contributed by atoms with Gasteiger partial charge in [-0.25, -0.2) is 0 Å². The molecule has 0 unspecified atom stereocenters. The van der Waals surface area contributed by atoms with Gasteiger partial charge in [-0.05, 0) is 51.9 Å². The van der Waals surface area contributed by atoms with Gasteiger partial charge in [-0.2, -0.15) is 0 Å². The Morgan fingerprint density at radius 3 is 2.39 bits per heavy atom. The van der Waals surface area contributed by atoms with E-state index in [4.69, 9.17) is 0 Å². The Morgan fingerprint density at radius 2 is 1.86 bits per heavy atom. The Bertz CT molecular complexity index is 745. The lowest BCUT2D eigenvalue weighted by atomic mass is 9.90. The molecule has 1 aromatic rings. The van der Waals surface area contributed by atoms with Crippen molar-refractivity contribution in [2.75, 3.05) is 14.1 Å². The second kappa shape index (κ2) is 9.41. The highest BCUT2D eigenvalue weighted by Gasteiger charge is 2.35. The number of likely N-dealkylation sites (N-methyl/N-ethyl adjacent to an activating group) is 1. The molecule has 1 heterocycles. The van der Waals surface area contributed by atoms with Gasteiger partial charge >= 0.3 is 0 Å². The SMILES string of the molecule is CC(=O)[C@H](NC(=O)[C@@H]([C@H](O)[C@H](C)CC1=Nc2ccccc2C1)N(C)C)[C@@H](C)O. The minimum absolute atomic E-state index is 0.214. The second-order valence-electron chi connectivity index (χ2n) is 7.90. The molecule has 1 aromatic carbocycles. The van der Waals surface area contributed by atoms with Crippen LogP contribution in [0.15, 0.2) is 29.3 Å². The molecule has 7 heteroatoms. The van der Waals surface area contributed by atoms with E-state index in [1.807, 2.05) is 31.2 Å². The van der Waals surface area contributed by atoms with Crippen LogP contribution in [-0.2, 0) is 16.0 Å². The van der Waals surface area contributed by atoms with Crippen LogP contribution in [0.1, 0.15) is 32.8 Å². The first kappa shape index (κ1) is 22.2. The molecule has 0 aliphatic carbocycles. The van der Waals surface area contributed by atoms with Crippen LogP contribution < -0.4 is 5.32 Å². The van der Waals surface area contributed by atoms with Crippen molar-refractivity contribution in [1.29, 1.82) is 0 Å². The number of Topliss-reactive ketones (excluding diaryl/α,β-unsaturated/α-hetero) is 1. The van der Waals surface area contributed by atoms with Gasteiger partial charge in [0.15, 0.2) is 5.78 Å². The Morgan fingerprint density at radius 1 is 1.21 bits per heavy atom. The maximum atomic E-state index is 12.8. The molecule has 1 aliphatic rings. The quantitative estimate of drug-likeness (QED) is 0.587. The molecule has 0 spiro atoms. The van der Waals surface area contributed by atoms with Crippen LogP contribution in [0.4, 0.5) is 5.69 Å². The van der Waals surface area contributed by atoms with Crippen molar-refractivity contribution >= 4 is 23.1 Å². The van der Waals surface area contributed by atoms with E-state index < -0.39 is 30.2 Å². The van der Waals surface area contributed by atoms with Crippen LogP contribution in [0.2, 0.25) is 0 Å². The molecule has 0 saturated carbocycles. The molecule has 0 fully saturated rings. The molecule has 0 bridgehead atoms. The number of fused-ring (bicyclic) bond motifs is 1. The fourth-order valence-corrected chi connectivity index (χ4v) is 3.62. The molecule has 28 heavy (non-hydrogen) atoms. The van der Waals surface area contributed by atoms with Crippen molar-refractivity contribution in [3.05, 3.63) is 29.8 Å². The smallest absolute Gasteiger partial charge is 0.240 e. The molecule has 5 atom stereocenters. The number of para-hydroxylation sites is 1. The van der Waals surface area contributed by atoms with E-state index in [0.717, 1.165) is 17.8 Å². The number of amides is 1. The van der Waals surface area contributed by atoms with Gasteiger partial charge < -0.3 is 15.5 Å². The molecule has 1 amide bonds. The summed E-state index contributed by atoms with van der Waals surface area (Å²) in [5.41, 5.74) is 3.11. The summed E-state index contributed by atoms with van der Waals surface area (Å²) in [6, 6.07) is 6.10. The lowest BCUT2D eigenvalue weighted by Gasteiger charge is -2.33. The highest BCUT2D eigenvalue weighted by molar-refractivity contribution is 5.94. The minimum atomic E-state index is -1.01. The van der Waals surface area contributed by atoms with E-state index in [-0.39, 0.29) is 11.7 Å². The first-order valence-corrected chi connectivity index (χ1v) is 9.59. The lowest BCUT2D eigenvalue weighted by Crippen LogP contribution is -2.57. The van der Waals surface area contributed by atoms with E-state index in [9.17, 15) is 19.8 Å². The van der Waals surface area contributed by atoms with E-state index >= 15 is 0 Å². The first-order chi connectivity index (χ1) is 13.1. The summed E-state index contributed by atoms with van der Waals surface area (Å²) < 4.78 is 0. The normalized spacial score (nSPS) is 18.6. The number of nitrogens with one attached hydrogen (secondary N) is 1. The second-order valence-corrected chi connectivity index (χ2v) is 7.90. The highest BCUT2D eigenvalue weighted by atomic mass is 16.3. The van der Waals surface area contributed by atoms with Crippen molar-refractivity contribution in [3.8, 4) is 0 Å². The van der Waals surface area contributed by atoms with Crippen molar-refractivity contribution in [1.82, 2.24) is 10.2 Å². The number of carbonyl (C=O) groups excluding carboxylic acids is 2. The van der Waals surface area contributed by atoms with E-state index in [1.165, 1.54) is 19.4 Å². The van der Waals surface area contributed by atoms with Crippen molar-refractivity contribution in [2.24, 2.45) is 10.9 Å². The molecule has 0 saturated heterocycles. The van der Waals surface area contributed by atoms with Crippen LogP contribution in [0.5, 0.6) is 0 Å². The predicted octanol–water partition coefficient (Wildman–Crippen LogP) is 1.09. The fourth-order valence-electron chi connectivity index (χ4n) is 3.62. The monoisotopic (exact) mass is 389 g/mol. The van der Waals surface area contributed by atoms with Gasteiger partial charge in [-0.3, -0.25) is 19.5 Å². The van der Waals surface area contributed by atoms with E-state index in [1.54, 1.807) is 19.0 Å². The highest BCUT2D eigenvalue weighted by Crippen LogP contribution is 2.29. The topological polar surface area (TPSA) is 102 Å². The Labute approximate surface area is 166 Å².